The molecule has 0 spiro atoms. The van der Waals surface area contributed by atoms with Crippen molar-refractivity contribution in [2.24, 2.45) is 5.10 Å². The first-order chi connectivity index (χ1) is 17.4. The number of halogens is 2. The highest BCUT2D eigenvalue weighted by molar-refractivity contribution is 5.89. The predicted molar refractivity (Wildman–Crippen MR) is 129 cm³/mol. The van der Waals surface area contributed by atoms with Gasteiger partial charge >= 0.3 is 0 Å². The molecule has 0 unspecified atom stereocenters. The Labute approximate surface area is 204 Å². The van der Waals surface area contributed by atoms with Gasteiger partial charge in [-0.25, -0.2) is 13.5 Å². The zero-order chi connectivity index (χ0) is 25.2. The minimum absolute atomic E-state index is 0.0657. The van der Waals surface area contributed by atoms with Crippen molar-refractivity contribution in [3.63, 3.8) is 0 Å². The Bertz CT molecular complexity index is 1560. The van der Waals surface area contributed by atoms with Crippen LogP contribution in [0.15, 0.2) is 92.6 Å². The molecular weight excluding hydrogens is 470 g/mol. The second-order valence-corrected chi connectivity index (χ2v) is 7.93. The summed E-state index contributed by atoms with van der Waals surface area (Å²) in [6.45, 7) is 1.69. The normalized spacial score (nSPS) is 15.1. The molecule has 8 nitrogen and oxygen atoms in total. The molecule has 0 amide bonds. The minimum Gasteiger partial charge on any atom is -0.496 e. The summed E-state index contributed by atoms with van der Waals surface area (Å²) in [6.07, 6.45) is 8.43. The van der Waals surface area contributed by atoms with Crippen LogP contribution >= 0.6 is 0 Å². The van der Waals surface area contributed by atoms with Crippen LogP contribution in [0.4, 0.5) is 8.78 Å². The molecule has 182 valence electrons. The third-order valence-electron chi connectivity index (χ3n) is 5.54. The largest absolute Gasteiger partial charge is 0.496 e. The Morgan fingerprint density at radius 2 is 1.97 bits per heavy atom. The molecule has 0 N–H and O–H groups in total. The smallest absolute Gasteiger partial charge is 0.247 e. The number of hydrogen-bond acceptors (Lipinski definition) is 7. The molecule has 1 aromatic carbocycles. The van der Waals surface area contributed by atoms with Gasteiger partial charge in [0.25, 0.3) is 0 Å². The summed E-state index contributed by atoms with van der Waals surface area (Å²) in [7, 11) is 1.51. The van der Waals surface area contributed by atoms with Gasteiger partial charge in [-0.1, -0.05) is 6.08 Å². The monoisotopic (exact) mass is 490 g/mol. The average Bonchev–Trinajstić information content (AvgIpc) is 3.12. The van der Waals surface area contributed by atoms with Crippen molar-refractivity contribution in [1.82, 2.24) is 14.9 Å². The summed E-state index contributed by atoms with van der Waals surface area (Å²) in [4.78, 5) is 13.1. The number of fused-ring (bicyclic) bond motifs is 1. The van der Waals surface area contributed by atoms with Gasteiger partial charge in [-0.15, -0.1) is 15.3 Å². The van der Waals surface area contributed by atoms with E-state index in [9.17, 15) is 13.6 Å². The van der Waals surface area contributed by atoms with Crippen LogP contribution in [0, 0.1) is 6.92 Å². The fourth-order valence-electron chi connectivity index (χ4n) is 3.86. The molecule has 0 saturated heterocycles. The predicted octanol–water partition coefficient (Wildman–Crippen LogP) is 5.17. The summed E-state index contributed by atoms with van der Waals surface area (Å²) in [5.41, 5.74) is 1.83. The van der Waals surface area contributed by atoms with Gasteiger partial charge in [0.15, 0.2) is 17.0 Å². The van der Waals surface area contributed by atoms with Crippen LogP contribution in [-0.4, -0.2) is 27.9 Å². The molecule has 2 aliphatic rings. The van der Waals surface area contributed by atoms with E-state index >= 15 is 0 Å². The van der Waals surface area contributed by atoms with E-state index in [2.05, 4.69) is 15.3 Å². The fourth-order valence-corrected chi connectivity index (χ4v) is 3.86. The molecule has 0 atom stereocenters. The van der Waals surface area contributed by atoms with Gasteiger partial charge in [-0.05, 0) is 42.5 Å². The molecule has 3 heterocycles. The van der Waals surface area contributed by atoms with Crippen LogP contribution in [0.1, 0.15) is 18.0 Å². The second kappa shape index (κ2) is 9.57. The maximum absolute atomic E-state index is 14.3. The highest BCUT2D eigenvalue weighted by Gasteiger charge is 2.21. The van der Waals surface area contributed by atoms with Crippen molar-refractivity contribution in [3.05, 3.63) is 100 Å². The first kappa shape index (κ1) is 23.2. The number of ether oxygens (including phenoxy) is 2. The lowest BCUT2D eigenvalue weighted by atomic mass is 9.98. The molecular formula is C26H20F2N4O4. The third-order valence-corrected chi connectivity index (χ3v) is 5.54. The molecule has 0 radical (unpaired) electrons. The van der Waals surface area contributed by atoms with Crippen LogP contribution in [-0.2, 0) is 11.2 Å². The van der Waals surface area contributed by atoms with Crippen molar-refractivity contribution >= 4 is 5.90 Å². The van der Waals surface area contributed by atoms with Crippen molar-refractivity contribution in [2.45, 2.75) is 19.8 Å². The Hall–Kier alpha value is -4.60. The van der Waals surface area contributed by atoms with Gasteiger partial charge < -0.3 is 13.9 Å². The number of nitrogens with zero attached hydrogens (tertiary/aromatic N) is 4. The summed E-state index contributed by atoms with van der Waals surface area (Å²) in [5, 5.41) is 12.4. The van der Waals surface area contributed by atoms with Crippen LogP contribution in [0.25, 0.3) is 22.6 Å². The average molecular weight is 490 g/mol. The van der Waals surface area contributed by atoms with Gasteiger partial charge in [0.2, 0.25) is 17.7 Å². The maximum Gasteiger partial charge on any atom is 0.247 e. The number of pyridine rings is 1. The van der Waals surface area contributed by atoms with Gasteiger partial charge in [0.1, 0.15) is 11.6 Å². The lowest BCUT2D eigenvalue weighted by Gasteiger charge is -2.15. The molecule has 10 heteroatoms. The van der Waals surface area contributed by atoms with Crippen LogP contribution in [0.3, 0.4) is 0 Å². The van der Waals surface area contributed by atoms with Gasteiger partial charge in [-0.3, -0.25) is 4.79 Å². The van der Waals surface area contributed by atoms with Crippen LogP contribution in [0.2, 0.25) is 0 Å². The standard InChI is InChI=1S/C26H20F2N4O4/c1-15-29-30-26(35-15)16-6-10-22(34-2)18(14-16)25-20-4-3-5-24(31-32(20)13-12-21(25)33)36-23-11-8-17(27)7-9-19(23)28/h3,5-6,8-14H,4,7H2,1-2H3. The third kappa shape index (κ3) is 4.52. The lowest BCUT2D eigenvalue weighted by molar-refractivity contribution is 0.392. The molecule has 1 aliphatic carbocycles. The van der Waals surface area contributed by atoms with Gasteiger partial charge in [0, 0.05) is 43.2 Å². The van der Waals surface area contributed by atoms with E-state index in [4.69, 9.17) is 13.9 Å². The van der Waals surface area contributed by atoms with Crippen molar-refractivity contribution < 1.29 is 22.7 Å². The number of allylic oxidation sites excluding steroid dienone is 6. The number of aryl methyl sites for hydroxylation is 1. The Kier molecular flexibility index (Phi) is 6.16. The summed E-state index contributed by atoms with van der Waals surface area (Å²) >= 11 is 0. The van der Waals surface area contributed by atoms with Gasteiger partial charge in [-0.2, -0.15) is 0 Å². The van der Waals surface area contributed by atoms with E-state index in [-0.39, 0.29) is 23.5 Å². The Balaban J connectivity index is 1.60. The highest BCUT2D eigenvalue weighted by atomic mass is 19.1. The van der Waals surface area contributed by atoms with Crippen molar-refractivity contribution in [1.29, 1.82) is 0 Å². The van der Waals surface area contributed by atoms with E-state index < -0.39 is 11.7 Å². The van der Waals surface area contributed by atoms with E-state index in [1.54, 1.807) is 37.3 Å². The first-order valence-electron chi connectivity index (χ1n) is 11.0. The molecule has 1 aliphatic heterocycles. The number of benzene rings is 1. The molecule has 0 fully saturated rings. The number of hydrogen-bond donors (Lipinski definition) is 0. The van der Waals surface area contributed by atoms with Gasteiger partial charge in [0.05, 0.1) is 18.4 Å². The second-order valence-electron chi connectivity index (χ2n) is 7.93. The van der Waals surface area contributed by atoms with Crippen LogP contribution in [0.5, 0.6) is 5.75 Å². The molecule has 3 aromatic rings. The summed E-state index contributed by atoms with van der Waals surface area (Å²) < 4.78 is 46.1. The Morgan fingerprint density at radius 3 is 2.75 bits per heavy atom. The quantitative estimate of drug-likeness (QED) is 0.501. The number of aromatic nitrogens is 3. The van der Waals surface area contributed by atoms with Crippen molar-refractivity contribution in [2.75, 3.05) is 7.11 Å². The topological polar surface area (TPSA) is 91.7 Å². The zero-order valence-corrected chi connectivity index (χ0v) is 19.4. The summed E-state index contributed by atoms with van der Waals surface area (Å²) in [5.74, 6) is -0.0878. The SMILES string of the molecule is COc1ccc(-c2nnc(C)o2)cc1-c1c2n(ccc1=O)N=C(OC1=CC=C(F)CC=C1F)C=CC2. The first-order valence-corrected chi connectivity index (χ1v) is 11.0. The number of methoxy groups -OCH3 is 1. The molecule has 0 bridgehead atoms. The van der Waals surface area contributed by atoms with E-state index in [0.29, 0.717) is 46.3 Å². The van der Waals surface area contributed by atoms with E-state index in [0.717, 1.165) is 12.2 Å². The molecule has 0 saturated carbocycles. The van der Waals surface area contributed by atoms with Crippen molar-refractivity contribution in [3.8, 4) is 28.3 Å². The summed E-state index contributed by atoms with van der Waals surface area (Å²) in [6, 6.07) is 6.60. The van der Waals surface area contributed by atoms with E-state index in [1.165, 1.54) is 30.1 Å². The van der Waals surface area contributed by atoms with E-state index in [1.807, 2.05) is 0 Å². The maximum atomic E-state index is 14.3. The van der Waals surface area contributed by atoms with Crippen LogP contribution < -0.4 is 10.2 Å². The number of rotatable bonds is 4. The molecule has 36 heavy (non-hydrogen) atoms. The lowest BCUT2D eigenvalue weighted by Crippen LogP contribution is -2.14. The zero-order valence-electron chi connectivity index (χ0n) is 19.4. The molecule has 2 aromatic heterocycles. The highest BCUT2D eigenvalue weighted by Crippen LogP contribution is 2.35. The Morgan fingerprint density at radius 1 is 1.11 bits per heavy atom. The fraction of sp³-hybridized carbons (Fsp3) is 0.154. The minimum atomic E-state index is -0.696. The molecule has 5 rings (SSSR count).